The summed E-state index contributed by atoms with van der Waals surface area (Å²) in [4.78, 5) is 12.7. The minimum atomic E-state index is -0.411. The quantitative estimate of drug-likeness (QED) is 0.919. The number of hydrogen-bond donors (Lipinski definition) is 1. The summed E-state index contributed by atoms with van der Waals surface area (Å²) in [5, 5.41) is 12.6. The van der Waals surface area contributed by atoms with Gasteiger partial charge in [-0.15, -0.1) is 0 Å². The molecule has 1 N–H and O–H groups in total. The van der Waals surface area contributed by atoms with Crippen LogP contribution in [0.2, 0.25) is 5.02 Å². The van der Waals surface area contributed by atoms with Gasteiger partial charge in [0.05, 0.1) is 23.1 Å². The van der Waals surface area contributed by atoms with Crippen LogP contribution in [0.5, 0.6) is 0 Å². The first-order valence-electron chi connectivity index (χ1n) is 7.62. The minimum Gasteiger partial charge on any atom is -0.349 e. The molecule has 1 fully saturated rings. The third-order valence-electron chi connectivity index (χ3n) is 4.47. The van der Waals surface area contributed by atoms with Crippen molar-refractivity contribution in [1.82, 2.24) is 5.32 Å². The maximum Gasteiger partial charge on any atom is 0.231 e. The molecule has 1 saturated carbocycles. The second kappa shape index (κ2) is 6.06. The molecular formula is C19H17ClN2O. The number of amides is 1. The number of nitrogens with zero attached hydrogens (tertiary/aromatic N) is 1. The van der Waals surface area contributed by atoms with Crippen LogP contribution in [0.25, 0.3) is 0 Å². The predicted molar refractivity (Wildman–Crippen MR) is 90.1 cm³/mol. The summed E-state index contributed by atoms with van der Waals surface area (Å²) in [5.41, 5.74) is 2.22. The van der Waals surface area contributed by atoms with Crippen LogP contribution in [0.1, 0.15) is 42.5 Å². The number of nitriles is 1. The molecule has 0 spiro atoms. The van der Waals surface area contributed by atoms with Crippen molar-refractivity contribution in [2.24, 2.45) is 0 Å². The van der Waals surface area contributed by atoms with Crippen molar-refractivity contribution >= 4 is 17.5 Å². The second-order valence-corrected chi connectivity index (χ2v) is 6.45. The highest BCUT2D eigenvalue weighted by atomic mass is 35.5. The van der Waals surface area contributed by atoms with Gasteiger partial charge in [-0.1, -0.05) is 35.9 Å². The van der Waals surface area contributed by atoms with Gasteiger partial charge in [0.15, 0.2) is 0 Å². The Bertz CT molecular complexity index is 755. The zero-order chi connectivity index (χ0) is 16.4. The number of nitrogens with one attached hydrogen (secondary N) is 1. The molecule has 0 heterocycles. The number of carbonyl (C=O) groups is 1. The first-order valence-corrected chi connectivity index (χ1v) is 8.00. The van der Waals surface area contributed by atoms with E-state index in [-0.39, 0.29) is 11.9 Å². The Morgan fingerprint density at radius 1 is 1.17 bits per heavy atom. The maximum atomic E-state index is 12.7. The molecule has 23 heavy (non-hydrogen) atoms. The lowest BCUT2D eigenvalue weighted by atomic mass is 9.94. The summed E-state index contributed by atoms with van der Waals surface area (Å²) in [5.74, 6) is 0.0525. The van der Waals surface area contributed by atoms with E-state index in [0.29, 0.717) is 10.6 Å². The lowest BCUT2D eigenvalue weighted by Crippen LogP contribution is -2.36. The van der Waals surface area contributed by atoms with E-state index in [2.05, 4.69) is 11.4 Å². The number of halogens is 1. The number of rotatable bonds is 4. The third kappa shape index (κ3) is 3.09. The Hall–Kier alpha value is -2.31. The van der Waals surface area contributed by atoms with Gasteiger partial charge in [0.1, 0.15) is 0 Å². The molecule has 1 amide bonds. The molecule has 0 bridgehead atoms. The lowest BCUT2D eigenvalue weighted by Gasteiger charge is -2.20. The van der Waals surface area contributed by atoms with E-state index in [1.807, 2.05) is 43.3 Å². The smallest absolute Gasteiger partial charge is 0.231 e. The Morgan fingerprint density at radius 2 is 1.78 bits per heavy atom. The van der Waals surface area contributed by atoms with Gasteiger partial charge < -0.3 is 5.32 Å². The van der Waals surface area contributed by atoms with Gasteiger partial charge in [-0.3, -0.25) is 4.79 Å². The second-order valence-electron chi connectivity index (χ2n) is 6.02. The monoisotopic (exact) mass is 324 g/mol. The zero-order valence-electron chi connectivity index (χ0n) is 12.8. The molecule has 1 aliphatic carbocycles. The molecule has 1 atom stereocenters. The zero-order valence-corrected chi connectivity index (χ0v) is 13.6. The summed E-state index contributed by atoms with van der Waals surface area (Å²) < 4.78 is 0. The molecule has 116 valence electrons. The van der Waals surface area contributed by atoms with Crippen LogP contribution in [0.15, 0.2) is 48.5 Å². The van der Waals surface area contributed by atoms with Gasteiger partial charge in [0, 0.05) is 5.02 Å². The molecule has 0 saturated heterocycles. The average molecular weight is 325 g/mol. The average Bonchev–Trinajstić information content (AvgIpc) is 3.37. The molecule has 1 unspecified atom stereocenters. The number of carbonyl (C=O) groups excluding carboxylic acids is 1. The van der Waals surface area contributed by atoms with E-state index in [9.17, 15) is 4.79 Å². The molecule has 2 aromatic rings. The molecule has 2 aromatic carbocycles. The number of hydrogen-bond acceptors (Lipinski definition) is 2. The van der Waals surface area contributed by atoms with E-state index < -0.39 is 5.41 Å². The van der Waals surface area contributed by atoms with Gasteiger partial charge >= 0.3 is 0 Å². The van der Waals surface area contributed by atoms with E-state index in [1.165, 1.54) is 0 Å². The van der Waals surface area contributed by atoms with Crippen molar-refractivity contribution in [3.05, 3.63) is 70.2 Å². The van der Waals surface area contributed by atoms with Crippen molar-refractivity contribution < 1.29 is 4.79 Å². The van der Waals surface area contributed by atoms with Crippen molar-refractivity contribution in [2.45, 2.75) is 31.2 Å². The SMILES string of the molecule is CC(NC(=O)C1(c2ccc(Cl)cc2)CC1)c1ccc(C#N)cc1. The van der Waals surface area contributed by atoms with Crippen LogP contribution in [0, 0.1) is 11.3 Å². The van der Waals surface area contributed by atoms with Gasteiger partial charge in [0.25, 0.3) is 0 Å². The standard InChI is InChI=1S/C19H17ClN2O/c1-13(15-4-2-14(12-21)3-5-15)22-18(23)19(10-11-19)16-6-8-17(20)9-7-16/h2-9,13H,10-11H2,1H3,(H,22,23). The Morgan fingerprint density at radius 3 is 2.30 bits per heavy atom. The highest BCUT2D eigenvalue weighted by Gasteiger charge is 2.51. The Kier molecular flexibility index (Phi) is 4.11. The van der Waals surface area contributed by atoms with Crippen LogP contribution in [0.4, 0.5) is 0 Å². The highest BCUT2D eigenvalue weighted by molar-refractivity contribution is 6.30. The van der Waals surface area contributed by atoms with Crippen LogP contribution >= 0.6 is 11.6 Å². The normalized spacial score (nSPS) is 16.2. The van der Waals surface area contributed by atoms with E-state index in [0.717, 1.165) is 24.0 Å². The van der Waals surface area contributed by atoms with Crippen molar-refractivity contribution in [3.63, 3.8) is 0 Å². The van der Waals surface area contributed by atoms with E-state index in [4.69, 9.17) is 16.9 Å². The van der Waals surface area contributed by atoms with Crippen LogP contribution in [-0.4, -0.2) is 5.91 Å². The van der Waals surface area contributed by atoms with Crippen LogP contribution < -0.4 is 5.32 Å². The third-order valence-corrected chi connectivity index (χ3v) is 4.72. The topological polar surface area (TPSA) is 52.9 Å². The fraction of sp³-hybridized carbons (Fsp3) is 0.263. The van der Waals surface area contributed by atoms with Gasteiger partial charge in [0.2, 0.25) is 5.91 Å². The first kappa shape index (κ1) is 15.6. The summed E-state index contributed by atoms with van der Waals surface area (Å²) >= 11 is 5.93. The Labute approximate surface area is 140 Å². The predicted octanol–water partition coefficient (Wildman–Crippen LogP) is 4.12. The maximum absolute atomic E-state index is 12.7. The largest absolute Gasteiger partial charge is 0.349 e. The van der Waals surface area contributed by atoms with Gasteiger partial charge in [-0.25, -0.2) is 0 Å². The van der Waals surface area contributed by atoms with Crippen molar-refractivity contribution in [3.8, 4) is 6.07 Å². The van der Waals surface area contributed by atoms with Crippen molar-refractivity contribution in [1.29, 1.82) is 5.26 Å². The first-order chi connectivity index (χ1) is 11.0. The van der Waals surface area contributed by atoms with Crippen molar-refractivity contribution in [2.75, 3.05) is 0 Å². The highest BCUT2D eigenvalue weighted by Crippen LogP contribution is 2.48. The fourth-order valence-corrected chi connectivity index (χ4v) is 2.93. The fourth-order valence-electron chi connectivity index (χ4n) is 2.81. The van der Waals surface area contributed by atoms with E-state index in [1.54, 1.807) is 12.1 Å². The molecule has 4 heteroatoms. The van der Waals surface area contributed by atoms with Crippen LogP contribution in [0.3, 0.4) is 0 Å². The number of benzene rings is 2. The molecule has 1 aliphatic rings. The van der Waals surface area contributed by atoms with Gasteiger partial charge in [-0.2, -0.15) is 5.26 Å². The summed E-state index contributed by atoms with van der Waals surface area (Å²) in [6, 6.07) is 16.8. The van der Waals surface area contributed by atoms with Crippen LogP contribution in [-0.2, 0) is 10.2 Å². The molecule has 3 rings (SSSR count). The molecule has 0 radical (unpaired) electrons. The molecule has 0 aliphatic heterocycles. The molecule has 0 aromatic heterocycles. The summed E-state index contributed by atoms with van der Waals surface area (Å²) in [6.45, 7) is 1.96. The molecule has 3 nitrogen and oxygen atoms in total. The minimum absolute atomic E-state index is 0.0525. The van der Waals surface area contributed by atoms with Gasteiger partial charge in [-0.05, 0) is 55.2 Å². The summed E-state index contributed by atoms with van der Waals surface area (Å²) in [7, 11) is 0. The summed E-state index contributed by atoms with van der Waals surface area (Å²) in [6.07, 6.45) is 1.72. The Balaban J connectivity index is 1.73. The molecular weight excluding hydrogens is 308 g/mol. The lowest BCUT2D eigenvalue weighted by molar-refractivity contribution is -0.124. The van der Waals surface area contributed by atoms with E-state index >= 15 is 0 Å².